The SMILES string of the molecule is CC(N)c1cccc(NC(=O)N(CCO)C2CCCC2)c1. The molecule has 21 heavy (non-hydrogen) atoms. The lowest BCUT2D eigenvalue weighted by atomic mass is 10.1. The molecule has 0 spiro atoms. The van der Waals surface area contributed by atoms with E-state index in [2.05, 4.69) is 5.32 Å². The summed E-state index contributed by atoms with van der Waals surface area (Å²) in [5.74, 6) is 0. The Bertz CT molecular complexity index is 470. The van der Waals surface area contributed by atoms with Crippen molar-refractivity contribution in [2.24, 2.45) is 5.73 Å². The van der Waals surface area contributed by atoms with Gasteiger partial charge in [0.25, 0.3) is 0 Å². The molecule has 5 heteroatoms. The minimum atomic E-state index is -0.141. The van der Waals surface area contributed by atoms with Crippen LogP contribution in [-0.2, 0) is 0 Å². The second kappa shape index (κ2) is 7.43. The zero-order chi connectivity index (χ0) is 15.2. The number of nitrogens with zero attached hydrogens (tertiary/aromatic N) is 1. The summed E-state index contributed by atoms with van der Waals surface area (Å²) in [4.78, 5) is 14.2. The molecule has 2 amide bonds. The number of rotatable bonds is 5. The van der Waals surface area contributed by atoms with Crippen molar-refractivity contribution >= 4 is 11.7 Å². The molecule has 1 fully saturated rings. The summed E-state index contributed by atoms with van der Waals surface area (Å²) in [7, 11) is 0. The Morgan fingerprint density at radius 1 is 1.48 bits per heavy atom. The molecule has 1 aromatic carbocycles. The first kappa shape index (κ1) is 15.8. The van der Waals surface area contributed by atoms with Crippen LogP contribution in [0.4, 0.5) is 10.5 Å². The Morgan fingerprint density at radius 2 is 2.19 bits per heavy atom. The first-order valence-electron chi connectivity index (χ1n) is 7.66. The highest BCUT2D eigenvalue weighted by molar-refractivity contribution is 5.89. The fourth-order valence-corrected chi connectivity index (χ4v) is 2.87. The molecule has 0 aliphatic heterocycles. The Morgan fingerprint density at radius 3 is 2.81 bits per heavy atom. The zero-order valence-corrected chi connectivity index (χ0v) is 12.6. The van der Waals surface area contributed by atoms with E-state index in [-0.39, 0.29) is 24.7 Å². The molecule has 1 unspecified atom stereocenters. The highest BCUT2D eigenvalue weighted by Crippen LogP contribution is 2.24. The summed E-state index contributed by atoms with van der Waals surface area (Å²) >= 11 is 0. The molecule has 1 aliphatic carbocycles. The van der Waals surface area contributed by atoms with E-state index in [1.54, 1.807) is 4.90 Å². The quantitative estimate of drug-likeness (QED) is 0.780. The standard InChI is InChI=1S/C16H25N3O2/c1-12(17)13-5-4-6-14(11-13)18-16(21)19(9-10-20)15-7-2-3-8-15/h4-6,11-12,15,20H,2-3,7-10,17H2,1H3,(H,18,21). The Kier molecular flexibility index (Phi) is 5.59. The van der Waals surface area contributed by atoms with Crippen molar-refractivity contribution in [3.63, 3.8) is 0 Å². The van der Waals surface area contributed by atoms with E-state index in [9.17, 15) is 9.90 Å². The van der Waals surface area contributed by atoms with Gasteiger partial charge in [0, 0.05) is 24.3 Å². The molecular weight excluding hydrogens is 266 g/mol. The fourth-order valence-electron chi connectivity index (χ4n) is 2.87. The van der Waals surface area contributed by atoms with Crippen LogP contribution in [0.1, 0.15) is 44.2 Å². The van der Waals surface area contributed by atoms with Crippen molar-refractivity contribution in [2.75, 3.05) is 18.5 Å². The summed E-state index contributed by atoms with van der Waals surface area (Å²) in [5.41, 5.74) is 7.60. The second-order valence-electron chi connectivity index (χ2n) is 5.70. The van der Waals surface area contributed by atoms with Crippen LogP contribution in [0.15, 0.2) is 24.3 Å². The molecule has 1 aliphatic rings. The smallest absolute Gasteiger partial charge is 0.322 e. The Hall–Kier alpha value is -1.59. The van der Waals surface area contributed by atoms with E-state index in [0.717, 1.165) is 36.9 Å². The zero-order valence-electron chi connectivity index (χ0n) is 12.6. The number of nitrogens with two attached hydrogens (primary N) is 1. The van der Waals surface area contributed by atoms with E-state index in [1.165, 1.54) is 0 Å². The number of hydrogen-bond acceptors (Lipinski definition) is 3. The first-order valence-corrected chi connectivity index (χ1v) is 7.66. The second-order valence-corrected chi connectivity index (χ2v) is 5.70. The van der Waals surface area contributed by atoms with Crippen LogP contribution in [0.5, 0.6) is 0 Å². The molecule has 0 bridgehead atoms. The van der Waals surface area contributed by atoms with Crippen LogP contribution in [0.3, 0.4) is 0 Å². The van der Waals surface area contributed by atoms with Crippen molar-refractivity contribution in [3.05, 3.63) is 29.8 Å². The van der Waals surface area contributed by atoms with Gasteiger partial charge in [0.15, 0.2) is 0 Å². The summed E-state index contributed by atoms with van der Waals surface area (Å²) in [6.45, 7) is 2.28. The van der Waals surface area contributed by atoms with Crippen molar-refractivity contribution in [3.8, 4) is 0 Å². The highest BCUT2D eigenvalue weighted by atomic mass is 16.3. The predicted molar refractivity (Wildman–Crippen MR) is 84.1 cm³/mol. The van der Waals surface area contributed by atoms with Gasteiger partial charge in [-0.1, -0.05) is 25.0 Å². The van der Waals surface area contributed by atoms with E-state index in [0.29, 0.717) is 6.54 Å². The summed E-state index contributed by atoms with van der Waals surface area (Å²) in [6, 6.07) is 7.63. The first-order chi connectivity index (χ1) is 10.1. The average molecular weight is 291 g/mol. The van der Waals surface area contributed by atoms with Crippen LogP contribution in [0.2, 0.25) is 0 Å². The van der Waals surface area contributed by atoms with Gasteiger partial charge in [-0.05, 0) is 37.5 Å². The Balaban J connectivity index is 2.05. The Labute approximate surface area is 126 Å². The maximum Gasteiger partial charge on any atom is 0.322 e. The molecule has 0 radical (unpaired) electrons. The number of hydrogen-bond donors (Lipinski definition) is 3. The highest BCUT2D eigenvalue weighted by Gasteiger charge is 2.26. The summed E-state index contributed by atoms with van der Waals surface area (Å²) < 4.78 is 0. The molecule has 5 nitrogen and oxygen atoms in total. The third-order valence-electron chi connectivity index (χ3n) is 4.03. The lowest BCUT2D eigenvalue weighted by molar-refractivity contribution is 0.163. The van der Waals surface area contributed by atoms with Crippen LogP contribution < -0.4 is 11.1 Å². The van der Waals surface area contributed by atoms with Crippen LogP contribution >= 0.6 is 0 Å². The molecule has 4 N–H and O–H groups in total. The maximum absolute atomic E-state index is 12.4. The lowest BCUT2D eigenvalue weighted by Crippen LogP contribution is -2.43. The molecule has 0 aromatic heterocycles. The van der Waals surface area contributed by atoms with Gasteiger partial charge in [0.2, 0.25) is 0 Å². The average Bonchev–Trinajstić information content (AvgIpc) is 2.98. The molecule has 1 saturated carbocycles. The monoisotopic (exact) mass is 291 g/mol. The molecular formula is C16H25N3O2. The van der Waals surface area contributed by atoms with Gasteiger partial charge < -0.3 is 21.1 Å². The minimum absolute atomic E-state index is 0.0101. The predicted octanol–water partition coefficient (Wildman–Crippen LogP) is 2.48. The molecule has 1 atom stereocenters. The van der Waals surface area contributed by atoms with Crippen LogP contribution in [-0.4, -0.2) is 35.2 Å². The van der Waals surface area contributed by atoms with Gasteiger partial charge in [0.1, 0.15) is 0 Å². The van der Waals surface area contributed by atoms with Gasteiger partial charge in [-0.3, -0.25) is 0 Å². The van der Waals surface area contributed by atoms with Crippen molar-refractivity contribution in [1.29, 1.82) is 0 Å². The van der Waals surface area contributed by atoms with Crippen molar-refractivity contribution in [2.45, 2.75) is 44.7 Å². The number of amides is 2. The number of nitrogens with one attached hydrogen (secondary N) is 1. The largest absolute Gasteiger partial charge is 0.395 e. The number of anilines is 1. The third kappa shape index (κ3) is 4.19. The number of aliphatic hydroxyl groups excluding tert-OH is 1. The van der Waals surface area contributed by atoms with E-state index >= 15 is 0 Å². The molecule has 1 aromatic rings. The van der Waals surface area contributed by atoms with Crippen molar-refractivity contribution in [1.82, 2.24) is 4.90 Å². The van der Waals surface area contributed by atoms with E-state index < -0.39 is 0 Å². The number of urea groups is 1. The third-order valence-corrected chi connectivity index (χ3v) is 4.03. The number of carbonyl (C=O) groups is 1. The van der Waals surface area contributed by atoms with Gasteiger partial charge in [-0.15, -0.1) is 0 Å². The van der Waals surface area contributed by atoms with Gasteiger partial charge in [0.05, 0.1) is 6.61 Å². The van der Waals surface area contributed by atoms with Crippen molar-refractivity contribution < 1.29 is 9.90 Å². The van der Waals surface area contributed by atoms with Gasteiger partial charge in [-0.25, -0.2) is 4.79 Å². The van der Waals surface area contributed by atoms with Crippen LogP contribution in [0, 0.1) is 0 Å². The molecule has 0 saturated heterocycles. The molecule has 0 heterocycles. The molecule has 2 rings (SSSR count). The minimum Gasteiger partial charge on any atom is -0.395 e. The maximum atomic E-state index is 12.4. The lowest BCUT2D eigenvalue weighted by Gasteiger charge is -2.28. The van der Waals surface area contributed by atoms with E-state index in [4.69, 9.17) is 5.73 Å². The number of aliphatic hydroxyl groups is 1. The van der Waals surface area contributed by atoms with Gasteiger partial charge >= 0.3 is 6.03 Å². The van der Waals surface area contributed by atoms with E-state index in [1.807, 2.05) is 31.2 Å². The normalized spacial score (nSPS) is 16.7. The topological polar surface area (TPSA) is 78.6 Å². The number of carbonyl (C=O) groups excluding carboxylic acids is 1. The molecule has 116 valence electrons. The van der Waals surface area contributed by atoms with Crippen LogP contribution in [0.25, 0.3) is 0 Å². The fraction of sp³-hybridized carbons (Fsp3) is 0.562. The number of benzene rings is 1. The van der Waals surface area contributed by atoms with Gasteiger partial charge in [-0.2, -0.15) is 0 Å². The summed E-state index contributed by atoms with van der Waals surface area (Å²) in [6.07, 6.45) is 4.35. The summed E-state index contributed by atoms with van der Waals surface area (Å²) in [5, 5.41) is 12.1.